The van der Waals surface area contributed by atoms with Crippen LogP contribution in [-0.2, 0) is 11.3 Å². The molecular formula is C13H16ClFN2O. The van der Waals surface area contributed by atoms with Crippen molar-refractivity contribution in [3.8, 4) is 6.07 Å². The molecule has 1 aromatic carbocycles. The fourth-order valence-electron chi connectivity index (χ4n) is 1.61. The van der Waals surface area contributed by atoms with E-state index in [4.69, 9.17) is 21.6 Å². The lowest BCUT2D eigenvalue weighted by Crippen LogP contribution is -2.28. The van der Waals surface area contributed by atoms with Crippen LogP contribution in [0.2, 0.25) is 5.02 Å². The van der Waals surface area contributed by atoms with Gasteiger partial charge in [0.25, 0.3) is 0 Å². The number of ether oxygens (including phenoxy) is 1. The van der Waals surface area contributed by atoms with Crippen LogP contribution in [0, 0.1) is 17.1 Å². The van der Waals surface area contributed by atoms with Gasteiger partial charge in [0, 0.05) is 43.8 Å². The Bertz CT molecular complexity index is 400. The highest BCUT2D eigenvalue weighted by atomic mass is 35.5. The van der Waals surface area contributed by atoms with Gasteiger partial charge in [0.05, 0.1) is 12.7 Å². The molecule has 0 atom stereocenters. The maximum Gasteiger partial charge on any atom is 0.129 e. The Morgan fingerprint density at radius 2 is 2.22 bits per heavy atom. The summed E-state index contributed by atoms with van der Waals surface area (Å²) in [5.41, 5.74) is 0.466. The van der Waals surface area contributed by atoms with Gasteiger partial charge < -0.3 is 4.74 Å². The van der Waals surface area contributed by atoms with Gasteiger partial charge in [-0.25, -0.2) is 4.39 Å². The van der Waals surface area contributed by atoms with E-state index >= 15 is 0 Å². The van der Waals surface area contributed by atoms with E-state index in [1.807, 2.05) is 4.90 Å². The van der Waals surface area contributed by atoms with Gasteiger partial charge in [-0.2, -0.15) is 5.26 Å². The zero-order chi connectivity index (χ0) is 13.4. The predicted molar refractivity (Wildman–Crippen MR) is 68.8 cm³/mol. The van der Waals surface area contributed by atoms with Gasteiger partial charge in [-0.05, 0) is 12.1 Å². The SMILES string of the molecule is COCCN(CCC#N)Cc1c(F)cccc1Cl. The first-order valence-corrected chi connectivity index (χ1v) is 6.08. The Labute approximate surface area is 112 Å². The lowest BCUT2D eigenvalue weighted by Gasteiger charge is -2.21. The zero-order valence-corrected chi connectivity index (χ0v) is 11.1. The van der Waals surface area contributed by atoms with E-state index in [-0.39, 0.29) is 5.82 Å². The molecule has 0 fully saturated rings. The molecule has 0 bridgehead atoms. The lowest BCUT2D eigenvalue weighted by atomic mass is 10.2. The van der Waals surface area contributed by atoms with Gasteiger partial charge in [0.1, 0.15) is 5.82 Å². The van der Waals surface area contributed by atoms with Crippen LogP contribution in [0.25, 0.3) is 0 Å². The number of benzene rings is 1. The Morgan fingerprint density at radius 3 is 2.83 bits per heavy atom. The summed E-state index contributed by atoms with van der Waals surface area (Å²) < 4.78 is 18.6. The Balaban J connectivity index is 2.72. The van der Waals surface area contributed by atoms with E-state index in [2.05, 4.69) is 6.07 Å². The van der Waals surface area contributed by atoms with Crippen molar-refractivity contribution in [3.63, 3.8) is 0 Å². The molecule has 0 saturated heterocycles. The highest BCUT2D eigenvalue weighted by molar-refractivity contribution is 6.31. The number of halogens is 2. The fraction of sp³-hybridized carbons (Fsp3) is 0.462. The minimum atomic E-state index is -0.318. The fourth-order valence-corrected chi connectivity index (χ4v) is 1.83. The molecule has 98 valence electrons. The second-order valence-electron chi connectivity index (χ2n) is 3.88. The van der Waals surface area contributed by atoms with Crippen LogP contribution in [0.4, 0.5) is 4.39 Å². The number of rotatable bonds is 7. The van der Waals surface area contributed by atoms with Crippen LogP contribution in [0.3, 0.4) is 0 Å². The molecule has 0 aliphatic carbocycles. The maximum atomic E-state index is 13.6. The first-order chi connectivity index (χ1) is 8.69. The average molecular weight is 271 g/mol. The molecule has 0 heterocycles. The molecule has 0 radical (unpaired) electrons. The van der Waals surface area contributed by atoms with Gasteiger partial charge in [0.15, 0.2) is 0 Å². The monoisotopic (exact) mass is 270 g/mol. The Kier molecular flexibility index (Phi) is 6.66. The topological polar surface area (TPSA) is 36.3 Å². The van der Waals surface area contributed by atoms with E-state index in [0.717, 1.165) is 0 Å². The van der Waals surface area contributed by atoms with E-state index in [1.54, 1.807) is 19.2 Å². The third kappa shape index (κ3) is 4.61. The molecule has 0 spiro atoms. The van der Waals surface area contributed by atoms with Crippen LogP contribution in [-0.4, -0.2) is 31.7 Å². The van der Waals surface area contributed by atoms with Crippen LogP contribution in [0.5, 0.6) is 0 Å². The summed E-state index contributed by atoms with van der Waals surface area (Å²) in [6.45, 7) is 2.14. The molecule has 0 aliphatic rings. The predicted octanol–water partition coefficient (Wildman–Crippen LogP) is 2.84. The standard InChI is InChI=1S/C13H16ClFN2O/c1-18-9-8-17(7-3-6-16)10-11-12(14)4-2-5-13(11)15/h2,4-5H,3,7-10H2,1H3. The molecule has 0 N–H and O–H groups in total. The average Bonchev–Trinajstić information content (AvgIpc) is 2.36. The molecule has 0 aromatic heterocycles. The van der Waals surface area contributed by atoms with Crippen molar-refractivity contribution in [2.75, 3.05) is 26.8 Å². The summed E-state index contributed by atoms with van der Waals surface area (Å²) in [6, 6.07) is 6.71. The smallest absolute Gasteiger partial charge is 0.129 e. The van der Waals surface area contributed by atoms with E-state index in [9.17, 15) is 4.39 Å². The van der Waals surface area contributed by atoms with Crippen molar-refractivity contribution in [2.24, 2.45) is 0 Å². The molecule has 0 unspecified atom stereocenters. The quantitative estimate of drug-likeness (QED) is 0.764. The van der Waals surface area contributed by atoms with Crippen molar-refractivity contribution in [1.29, 1.82) is 5.26 Å². The largest absolute Gasteiger partial charge is 0.383 e. The van der Waals surface area contributed by atoms with Crippen LogP contribution < -0.4 is 0 Å². The molecule has 0 aliphatic heterocycles. The molecule has 1 rings (SSSR count). The summed E-state index contributed by atoms with van der Waals surface area (Å²) in [7, 11) is 1.61. The van der Waals surface area contributed by atoms with Crippen LogP contribution in [0.15, 0.2) is 18.2 Å². The van der Waals surface area contributed by atoms with Crippen molar-refractivity contribution in [3.05, 3.63) is 34.6 Å². The number of nitrogens with zero attached hydrogens (tertiary/aromatic N) is 2. The summed E-state index contributed by atoms with van der Waals surface area (Å²) in [5, 5.41) is 9.02. The summed E-state index contributed by atoms with van der Waals surface area (Å²) >= 11 is 5.98. The molecular weight excluding hydrogens is 255 g/mol. The minimum absolute atomic E-state index is 0.318. The van der Waals surface area contributed by atoms with Gasteiger partial charge >= 0.3 is 0 Å². The molecule has 3 nitrogen and oxygen atoms in total. The highest BCUT2D eigenvalue weighted by Gasteiger charge is 2.12. The van der Waals surface area contributed by atoms with Crippen molar-refractivity contribution < 1.29 is 9.13 Å². The zero-order valence-electron chi connectivity index (χ0n) is 10.3. The molecule has 0 amide bonds. The molecule has 18 heavy (non-hydrogen) atoms. The summed E-state index contributed by atoms with van der Waals surface area (Å²) in [4.78, 5) is 1.96. The minimum Gasteiger partial charge on any atom is -0.383 e. The normalized spacial score (nSPS) is 10.6. The van der Waals surface area contributed by atoms with Crippen LogP contribution in [0.1, 0.15) is 12.0 Å². The first kappa shape index (κ1) is 14.9. The third-order valence-corrected chi connectivity index (χ3v) is 2.95. The van der Waals surface area contributed by atoms with E-state index in [1.165, 1.54) is 6.07 Å². The number of methoxy groups -OCH3 is 1. The lowest BCUT2D eigenvalue weighted by molar-refractivity contribution is 0.144. The van der Waals surface area contributed by atoms with Gasteiger partial charge in [-0.3, -0.25) is 4.90 Å². The van der Waals surface area contributed by atoms with Gasteiger partial charge in [-0.15, -0.1) is 0 Å². The molecule has 0 saturated carbocycles. The first-order valence-electron chi connectivity index (χ1n) is 5.70. The third-order valence-electron chi connectivity index (χ3n) is 2.59. The van der Waals surface area contributed by atoms with E-state index in [0.29, 0.717) is 43.2 Å². The van der Waals surface area contributed by atoms with E-state index < -0.39 is 0 Å². The number of nitriles is 1. The molecule has 1 aromatic rings. The second kappa shape index (κ2) is 8.04. The summed E-state index contributed by atoms with van der Waals surface area (Å²) in [5.74, 6) is -0.318. The van der Waals surface area contributed by atoms with Crippen molar-refractivity contribution in [1.82, 2.24) is 4.90 Å². The molecule has 5 heteroatoms. The highest BCUT2D eigenvalue weighted by Crippen LogP contribution is 2.20. The number of hydrogen-bond acceptors (Lipinski definition) is 3. The Morgan fingerprint density at radius 1 is 1.44 bits per heavy atom. The van der Waals surface area contributed by atoms with Crippen molar-refractivity contribution in [2.45, 2.75) is 13.0 Å². The Hall–Kier alpha value is -1.15. The van der Waals surface area contributed by atoms with Crippen molar-refractivity contribution >= 4 is 11.6 Å². The van der Waals surface area contributed by atoms with Crippen LogP contribution >= 0.6 is 11.6 Å². The maximum absolute atomic E-state index is 13.6. The van der Waals surface area contributed by atoms with Gasteiger partial charge in [0.2, 0.25) is 0 Å². The second-order valence-corrected chi connectivity index (χ2v) is 4.28. The summed E-state index contributed by atoms with van der Waals surface area (Å²) in [6.07, 6.45) is 0.399. The van der Waals surface area contributed by atoms with Gasteiger partial charge in [-0.1, -0.05) is 17.7 Å². The number of hydrogen-bond donors (Lipinski definition) is 0.